The van der Waals surface area contributed by atoms with Crippen molar-refractivity contribution in [2.75, 3.05) is 13.2 Å². The van der Waals surface area contributed by atoms with Gasteiger partial charge >= 0.3 is 11.9 Å². The first-order chi connectivity index (χ1) is 36.0. The maximum absolute atomic E-state index is 15.1. The standard InChI is InChI=1S/C54H86O23/c1-21(2)23-11-16-54(49(69)77-47-39(64)34(59)32(57)26(73-47)20-70-45-41(66)37(62)42(25(19-55)72-45)75-46-38(63)33(58)31(56)22(3)71-46)18-17-52(7)24(30(23)54)9-10-28-51(6)14-13-29(50(4,5)27(51)12-15-53(28,52)8)74-48-40(65)35(60)36(61)43(76-48)44(67)68/h22-43,45-48,55-66H,1,9-20H2,2-8H3,(H,67,68). The van der Waals surface area contributed by atoms with Crippen molar-refractivity contribution in [3.63, 3.8) is 0 Å². The normalized spacial score (nSPS) is 54.5. The van der Waals surface area contributed by atoms with Crippen LogP contribution in [0.5, 0.6) is 0 Å². The second kappa shape index (κ2) is 21.6. The number of carboxylic acids is 1. The summed E-state index contributed by atoms with van der Waals surface area (Å²) in [6, 6.07) is 0. The smallest absolute Gasteiger partial charge is 0.335 e. The highest BCUT2D eigenvalue weighted by atomic mass is 16.8. The van der Waals surface area contributed by atoms with Gasteiger partial charge in [0.15, 0.2) is 25.0 Å². The summed E-state index contributed by atoms with van der Waals surface area (Å²) in [5.41, 5.74) is -1.10. The lowest BCUT2D eigenvalue weighted by atomic mass is 9.32. The van der Waals surface area contributed by atoms with Gasteiger partial charge in [-0.05, 0) is 129 Å². The van der Waals surface area contributed by atoms with Crippen LogP contribution in [0.1, 0.15) is 113 Å². The van der Waals surface area contributed by atoms with Gasteiger partial charge in [0.2, 0.25) is 6.29 Å². The third-order valence-electron chi connectivity index (χ3n) is 21.8. The number of ether oxygens (including phenoxy) is 8. The lowest BCUT2D eigenvalue weighted by Crippen LogP contribution is -2.68. The van der Waals surface area contributed by atoms with Crippen LogP contribution in [0, 0.1) is 56.7 Å². The second-order valence-corrected chi connectivity index (χ2v) is 25.8. The number of aliphatic hydroxyl groups is 12. The molecule has 4 heterocycles. The van der Waals surface area contributed by atoms with Crippen LogP contribution in [0.4, 0.5) is 0 Å². The predicted molar refractivity (Wildman–Crippen MR) is 262 cm³/mol. The van der Waals surface area contributed by atoms with Gasteiger partial charge in [0.25, 0.3) is 0 Å². The van der Waals surface area contributed by atoms with Gasteiger partial charge in [-0.25, -0.2) is 4.79 Å². The molecule has 5 aliphatic carbocycles. The highest BCUT2D eigenvalue weighted by Gasteiger charge is 2.73. The molecule has 0 aromatic heterocycles. The SMILES string of the molecule is C=C(C)C1CCC2(C(=O)OC3OC(COC4OC(CO)C(OC5OC(C)C(O)C(O)C5O)C(O)C4O)C(O)C(O)C3O)CCC3(C)C(CCC4C5(C)CCC(OC6OC(C(=O)O)C(O)C(O)C6O)C(C)(C)C5CCC43C)C12. The summed E-state index contributed by atoms with van der Waals surface area (Å²) in [6.45, 7) is 17.9. The van der Waals surface area contributed by atoms with Gasteiger partial charge in [-0.3, -0.25) is 4.79 Å². The Balaban J connectivity index is 0.880. The van der Waals surface area contributed by atoms with Crippen molar-refractivity contribution in [2.45, 2.75) is 242 Å². The van der Waals surface area contributed by atoms with Crippen molar-refractivity contribution in [1.82, 2.24) is 0 Å². The lowest BCUT2D eigenvalue weighted by molar-refractivity contribution is -0.361. The fourth-order valence-corrected chi connectivity index (χ4v) is 17.2. The molecule has 30 atom stereocenters. The van der Waals surface area contributed by atoms with Crippen LogP contribution in [0.25, 0.3) is 0 Å². The summed E-state index contributed by atoms with van der Waals surface area (Å²) in [5, 5.41) is 138. The van der Waals surface area contributed by atoms with Gasteiger partial charge < -0.3 is 104 Å². The maximum Gasteiger partial charge on any atom is 0.335 e. The minimum absolute atomic E-state index is 0.0254. The molecule has 30 unspecified atom stereocenters. The number of esters is 1. The molecule has 23 nitrogen and oxygen atoms in total. The number of carboxylic acid groups (broad SMARTS) is 1. The van der Waals surface area contributed by atoms with E-state index in [1.807, 2.05) is 6.92 Å². The molecule has 9 rings (SSSR count). The molecular weight excluding hydrogens is 1020 g/mol. The van der Waals surface area contributed by atoms with Crippen molar-refractivity contribution < 1.29 is 114 Å². The average Bonchev–Trinajstić information content (AvgIpc) is 3.79. The van der Waals surface area contributed by atoms with E-state index >= 15 is 4.79 Å². The predicted octanol–water partition coefficient (Wildman–Crippen LogP) is -1.06. The monoisotopic (exact) mass is 1100 g/mol. The van der Waals surface area contributed by atoms with Crippen LogP contribution in [-0.2, 0) is 47.5 Å². The number of carbonyl (C=O) groups is 2. The Hall–Kier alpha value is -2.08. The Morgan fingerprint density at radius 2 is 1.19 bits per heavy atom. The van der Waals surface area contributed by atoms with E-state index in [0.717, 1.165) is 37.7 Å². The Labute approximate surface area is 448 Å². The number of rotatable bonds is 12. The molecule has 23 heteroatoms. The molecule has 9 fully saturated rings. The number of aliphatic carboxylic acids is 1. The second-order valence-electron chi connectivity index (χ2n) is 25.8. The van der Waals surface area contributed by atoms with Gasteiger partial charge in [0, 0.05) is 0 Å². The fourth-order valence-electron chi connectivity index (χ4n) is 17.2. The first-order valence-corrected chi connectivity index (χ1v) is 27.7. The number of aliphatic hydroxyl groups excluding tert-OH is 12. The van der Waals surface area contributed by atoms with E-state index in [2.05, 4.69) is 41.2 Å². The molecule has 0 aromatic rings. The minimum atomic E-state index is -1.88. The molecule has 77 heavy (non-hydrogen) atoms. The van der Waals surface area contributed by atoms with Crippen LogP contribution >= 0.6 is 0 Å². The zero-order valence-corrected chi connectivity index (χ0v) is 45.1. The van der Waals surface area contributed by atoms with Crippen LogP contribution in [0.15, 0.2) is 12.2 Å². The molecule has 0 amide bonds. The summed E-state index contributed by atoms with van der Waals surface area (Å²) in [5.74, 6) is -1.79. The quantitative estimate of drug-likeness (QED) is 0.0629. The van der Waals surface area contributed by atoms with Crippen molar-refractivity contribution in [1.29, 1.82) is 0 Å². The molecule has 4 saturated heterocycles. The van der Waals surface area contributed by atoms with E-state index in [1.54, 1.807) is 0 Å². The van der Waals surface area contributed by atoms with E-state index in [4.69, 9.17) is 37.9 Å². The van der Waals surface area contributed by atoms with Crippen LogP contribution in [0.2, 0.25) is 0 Å². The summed E-state index contributed by atoms with van der Waals surface area (Å²) in [4.78, 5) is 27.0. The zero-order valence-electron chi connectivity index (χ0n) is 45.1. The number of hydrogen-bond donors (Lipinski definition) is 13. The molecule has 440 valence electrons. The Morgan fingerprint density at radius 3 is 1.84 bits per heavy atom. The topological polar surface area (TPSA) is 371 Å². The third kappa shape index (κ3) is 9.57. The molecule has 13 N–H and O–H groups in total. The van der Waals surface area contributed by atoms with Gasteiger partial charge in [-0.15, -0.1) is 0 Å². The summed E-state index contributed by atoms with van der Waals surface area (Å²) in [6.07, 6.45) is -26.4. The molecule has 0 bridgehead atoms. The van der Waals surface area contributed by atoms with E-state index in [9.17, 15) is 71.2 Å². The third-order valence-corrected chi connectivity index (χ3v) is 21.8. The van der Waals surface area contributed by atoms with Gasteiger partial charge in [-0.2, -0.15) is 0 Å². The largest absolute Gasteiger partial charge is 0.479 e. The fraction of sp³-hybridized carbons (Fsp3) is 0.926. The summed E-state index contributed by atoms with van der Waals surface area (Å²) >= 11 is 0. The maximum atomic E-state index is 15.1. The van der Waals surface area contributed by atoms with Crippen molar-refractivity contribution in [3.8, 4) is 0 Å². The van der Waals surface area contributed by atoms with Gasteiger partial charge in [0.05, 0.1) is 30.8 Å². The van der Waals surface area contributed by atoms with Crippen LogP contribution < -0.4 is 0 Å². The molecule has 0 radical (unpaired) electrons. The number of hydrogen-bond acceptors (Lipinski definition) is 22. The van der Waals surface area contributed by atoms with Crippen LogP contribution in [-0.4, -0.2) is 220 Å². The minimum Gasteiger partial charge on any atom is -0.479 e. The first-order valence-electron chi connectivity index (χ1n) is 27.7. The molecule has 0 spiro atoms. The molecule has 5 saturated carbocycles. The number of carbonyl (C=O) groups excluding carboxylic acids is 1. The van der Waals surface area contributed by atoms with Crippen molar-refractivity contribution >= 4 is 11.9 Å². The van der Waals surface area contributed by atoms with Crippen LogP contribution in [0.3, 0.4) is 0 Å². The number of allylic oxidation sites excluding steroid dienone is 1. The van der Waals surface area contributed by atoms with E-state index in [0.29, 0.717) is 32.1 Å². The highest BCUT2D eigenvalue weighted by molar-refractivity contribution is 5.78. The van der Waals surface area contributed by atoms with Gasteiger partial charge in [0.1, 0.15) is 85.5 Å². The summed E-state index contributed by atoms with van der Waals surface area (Å²) < 4.78 is 46.8. The Morgan fingerprint density at radius 1 is 0.584 bits per heavy atom. The Bertz CT molecular complexity index is 2150. The molecular formula is C54H86O23. The van der Waals surface area contributed by atoms with Crippen molar-refractivity contribution in [3.05, 3.63) is 12.2 Å². The summed E-state index contributed by atoms with van der Waals surface area (Å²) in [7, 11) is 0. The zero-order chi connectivity index (χ0) is 56.4. The van der Waals surface area contributed by atoms with E-state index in [1.165, 1.54) is 6.92 Å². The highest BCUT2D eigenvalue weighted by Crippen LogP contribution is 2.78. The molecule has 9 aliphatic rings. The average molecular weight is 1100 g/mol. The van der Waals surface area contributed by atoms with E-state index in [-0.39, 0.29) is 45.8 Å². The van der Waals surface area contributed by atoms with Crippen molar-refractivity contribution in [2.24, 2.45) is 56.7 Å². The van der Waals surface area contributed by atoms with E-state index < -0.39 is 165 Å². The number of fused-ring (bicyclic) bond motifs is 7. The van der Waals surface area contributed by atoms with Gasteiger partial charge in [-0.1, -0.05) is 46.8 Å². The first kappa shape index (κ1) is 59.5. The Kier molecular flexibility index (Phi) is 16.7. The lowest BCUT2D eigenvalue weighted by Gasteiger charge is -2.73. The molecule has 4 aliphatic heterocycles. The molecule has 0 aromatic carbocycles.